The number of ketones is 1. The van der Waals surface area contributed by atoms with Gasteiger partial charge in [0.1, 0.15) is 10.8 Å². The van der Waals surface area contributed by atoms with E-state index in [1.807, 2.05) is 0 Å². The number of hydrogen-bond donors (Lipinski definition) is 0. The van der Waals surface area contributed by atoms with Crippen LogP contribution in [0.2, 0.25) is 48.5 Å². The van der Waals surface area contributed by atoms with Crippen LogP contribution >= 0.6 is 0 Å². The van der Waals surface area contributed by atoms with E-state index in [0.717, 1.165) is 0 Å². The van der Waals surface area contributed by atoms with Crippen LogP contribution in [0.1, 0.15) is 39.5 Å². The topological polar surface area (TPSA) is 69.7 Å². The Kier molecular flexibility index (Phi) is 22.6. The third-order valence-corrected chi connectivity index (χ3v) is 15.9. The Bertz CT molecular complexity index is 1410. The van der Waals surface area contributed by atoms with Gasteiger partial charge in [-0.1, -0.05) is 48.5 Å². The molecule has 4 fully saturated rings. The van der Waals surface area contributed by atoms with Gasteiger partial charge in [-0.2, -0.15) is 0 Å². The van der Waals surface area contributed by atoms with Gasteiger partial charge < -0.3 is 9.47 Å². The van der Waals surface area contributed by atoms with Gasteiger partial charge >= 0.3 is 11.9 Å². The summed E-state index contributed by atoms with van der Waals surface area (Å²) in [7, 11) is 125. The van der Waals surface area contributed by atoms with E-state index in [4.69, 9.17) is 164 Å². The molecule has 0 aromatic carbocycles. The first-order chi connectivity index (χ1) is 30.6. The van der Waals surface area contributed by atoms with Crippen LogP contribution in [0.5, 0.6) is 0 Å². The second-order valence-electron chi connectivity index (χ2n) is 20.6. The summed E-state index contributed by atoms with van der Waals surface area (Å²) in [5.41, 5.74) is -3.99. The first kappa shape index (κ1) is 59.8. The number of esters is 2. The SMILES string of the molecule is [B]B([B])B([B])B(B([B])[B])B1CC1CC(CC1CB1B(B([B])[B])B([B])B([B])[B])(C(=O)OCC)C(=O)C(CC1CB1B(B([B])[B])B([B])B([B])[B])(CC1CB1B(B([B])[B])B([B])B([B])[B])C(=O)OCC. The standard InChI is InChI=1S/C21H30B40O5/c1-3-65-18(63)20(5-13-9-42(13)58(50(30)31)54(38)46(22)23,6-14-10-43(14)59(51(32)33)55(39)47(24)25)17(62)21(19(64)66-4-2,7-15-11-44(15)60(52(34)35)56(40)48(26)27)8-16-12-45(16)61(53(36)37)57(41)49(28)29/h13-16H,3-12H2,1-2H3. The van der Waals surface area contributed by atoms with Crippen molar-refractivity contribution in [1.82, 2.24) is 0 Å². The second kappa shape index (κ2) is 25.0. The molecule has 0 amide bonds. The van der Waals surface area contributed by atoms with Gasteiger partial charge in [-0.3, -0.25) is 14.4 Å². The molecule has 4 saturated heterocycles. The monoisotopic (exact) mass is 803 g/mol. The van der Waals surface area contributed by atoms with Crippen LogP contribution in [0.15, 0.2) is 0 Å². The summed E-state index contributed by atoms with van der Waals surface area (Å²) < 4.78 is 11.8. The molecule has 0 aromatic rings. The van der Waals surface area contributed by atoms with Crippen molar-refractivity contribution < 1.29 is 23.9 Å². The smallest absolute Gasteiger partial charge is 0.319 e. The Labute approximate surface area is 434 Å². The number of Topliss-reactive ketones (excluding diaryl/α,β-unsaturated/α-hetero) is 1. The van der Waals surface area contributed by atoms with Gasteiger partial charge in [-0.15, -0.1) is 0 Å². The van der Waals surface area contributed by atoms with Crippen LogP contribution in [0.25, 0.3) is 0 Å². The van der Waals surface area contributed by atoms with Gasteiger partial charge in [-0.05, 0) is 39.5 Å². The maximum absolute atomic E-state index is 16.7. The van der Waals surface area contributed by atoms with Crippen LogP contribution in [0.4, 0.5) is 0 Å². The van der Waals surface area contributed by atoms with Gasteiger partial charge in [0.05, 0.1) is 39.6 Å². The lowest BCUT2D eigenvalue weighted by molar-refractivity contribution is -0.172. The van der Waals surface area contributed by atoms with Gasteiger partial charge in [0.2, 0.25) is 0 Å². The van der Waals surface area contributed by atoms with Crippen LogP contribution in [0, 0.1) is 10.8 Å². The number of carbonyl (C=O) groups excluding carboxylic acids is 3. The Morgan fingerprint density at radius 2 is 0.591 bits per heavy atom. The predicted molar refractivity (Wildman–Crippen MR) is 326 cm³/mol. The van der Waals surface area contributed by atoms with Crippen molar-refractivity contribution in [2.75, 3.05) is 13.2 Å². The van der Waals surface area contributed by atoms with Crippen molar-refractivity contribution in [3.8, 4) is 0 Å². The fourth-order valence-electron chi connectivity index (χ4n) is 12.1. The number of carbonyl (C=O) groups is 3. The molecule has 0 saturated carbocycles. The molecule has 4 aliphatic heterocycles. The minimum absolute atomic E-state index is 0.0775. The molecule has 5 nitrogen and oxygen atoms in total. The molecule has 0 aromatic heterocycles. The molecule has 0 N–H and O–H groups in total. The predicted octanol–water partition coefficient (Wildman–Crippen LogP) is -10.8. The van der Waals surface area contributed by atoms with Crippen molar-refractivity contribution in [2.45, 2.75) is 88.1 Å². The molecular weight excluding hydrogens is 765 g/mol. The summed E-state index contributed by atoms with van der Waals surface area (Å²) in [5, 5.41) is 0. The van der Waals surface area contributed by atoms with Crippen LogP contribution in [0.3, 0.4) is 0 Å². The molecule has 66 heavy (non-hydrogen) atoms. The summed E-state index contributed by atoms with van der Waals surface area (Å²) in [6.07, 6.45) is -11.8. The number of ether oxygens (including phenoxy) is 2. The lowest BCUT2D eigenvalue weighted by Gasteiger charge is -2.41. The maximum Gasteiger partial charge on any atom is 0.319 e. The van der Waals surface area contributed by atoms with E-state index < -0.39 is 131 Å². The first-order valence-corrected chi connectivity index (χ1v) is 23.7. The number of hydrogen-bond acceptors (Lipinski definition) is 5. The minimum Gasteiger partial charge on any atom is -0.465 e. The van der Waals surface area contributed by atoms with E-state index in [9.17, 15) is 0 Å². The summed E-state index contributed by atoms with van der Waals surface area (Å²) in [4.78, 5) is 47.2. The molecule has 40 radical (unpaired) electrons. The highest BCUT2D eigenvalue weighted by Crippen LogP contribution is 2.62. The highest BCUT2D eigenvalue weighted by Gasteiger charge is 2.68. The average molecular weight is 795 g/mol. The Morgan fingerprint density at radius 3 is 0.742 bits per heavy atom. The van der Waals surface area contributed by atoms with E-state index in [-0.39, 0.29) is 88.6 Å². The molecule has 0 spiro atoms. The van der Waals surface area contributed by atoms with Crippen LogP contribution in [-0.2, 0) is 23.9 Å². The zero-order valence-electron chi connectivity index (χ0n) is 39.0. The molecule has 45 heteroatoms. The van der Waals surface area contributed by atoms with E-state index in [1.165, 1.54) is 0 Å². The molecule has 4 atom stereocenters. The lowest BCUT2D eigenvalue weighted by Crippen LogP contribution is -2.64. The molecule has 4 unspecified atom stereocenters. The summed E-state index contributed by atoms with van der Waals surface area (Å²) in [6, 6.07) is 0. The van der Waals surface area contributed by atoms with Crippen LogP contribution in [-0.4, -0.2) is 314 Å². The third kappa shape index (κ3) is 13.9. The molecule has 4 rings (SSSR count). The summed E-state index contributed by atoms with van der Waals surface area (Å²) in [6.45, 7) is 1.86. The van der Waals surface area contributed by atoms with E-state index >= 15 is 14.4 Å². The van der Waals surface area contributed by atoms with Crippen LogP contribution < -0.4 is 0 Å². The second-order valence-corrected chi connectivity index (χ2v) is 20.6. The number of rotatable bonds is 30. The first-order valence-electron chi connectivity index (χ1n) is 23.7. The largest absolute Gasteiger partial charge is 0.465 e. The molecular formula is C21H30B40O5. The molecule has 0 aliphatic carbocycles. The lowest BCUT2D eigenvalue weighted by atomic mass is 8.57. The van der Waals surface area contributed by atoms with E-state index in [2.05, 4.69) is 0 Å². The minimum atomic E-state index is -1.99. The maximum atomic E-state index is 16.7. The van der Waals surface area contributed by atoms with Gasteiger partial charge in [0.15, 0.2) is 5.78 Å². The fourth-order valence-corrected chi connectivity index (χ4v) is 12.1. The average Bonchev–Trinajstić information content (AvgIpc) is 4.03. The van der Waals surface area contributed by atoms with Crippen molar-refractivity contribution in [3.63, 3.8) is 0 Å². The Morgan fingerprint density at radius 1 is 0.394 bits per heavy atom. The van der Waals surface area contributed by atoms with Crippen molar-refractivity contribution in [3.05, 3.63) is 0 Å². The summed E-state index contributed by atoms with van der Waals surface area (Å²) in [5.74, 6) is -3.81. The van der Waals surface area contributed by atoms with Gasteiger partial charge in [-0.25, -0.2) is 0 Å². The van der Waals surface area contributed by atoms with E-state index in [0.29, 0.717) is 25.3 Å². The highest BCUT2D eigenvalue weighted by atomic mass is 16.5. The van der Waals surface area contributed by atoms with Crippen molar-refractivity contribution in [2.24, 2.45) is 10.8 Å². The van der Waals surface area contributed by atoms with Gasteiger partial charge in [0.25, 0.3) is 0 Å². The quantitative estimate of drug-likeness (QED) is 0.0411. The van der Waals surface area contributed by atoms with Gasteiger partial charge in [0, 0.05) is 257 Å². The van der Waals surface area contributed by atoms with Crippen molar-refractivity contribution in [1.29, 1.82) is 0 Å². The van der Waals surface area contributed by atoms with E-state index in [1.54, 1.807) is 13.8 Å². The molecule has 264 valence electrons. The third-order valence-electron chi connectivity index (χ3n) is 15.9. The fraction of sp³-hybridized carbons (Fsp3) is 0.857. The highest BCUT2D eigenvalue weighted by molar-refractivity contribution is 8.03. The zero-order valence-corrected chi connectivity index (χ0v) is 39.0. The molecule has 4 aliphatic rings. The molecule has 0 bridgehead atoms. The Hall–Kier alpha value is 1.21. The molecule has 4 heterocycles. The normalized spacial score (nSPS) is 20.4. The summed E-state index contributed by atoms with van der Waals surface area (Å²) >= 11 is 0. The Balaban J connectivity index is 1.97. The van der Waals surface area contributed by atoms with Crippen molar-refractivity contribution >= 4 is 301 Å². The zero-order chi connectivity index (χ0) is 50.1.